The quantitative estimate of drug-likeness (QED) is 0.910. The lowest BCUT2D eigenvalue weighted by atomic mass is 9.84. The summed E-state index contributed by atoms with van der Waals surface area (Å²) in [6.45, 7) is 2.35. The Balaban J connectivity index is 1.67. The summed E-state index contributed by atoms with van der Waals surface area (Å²) in [7, 11) is 0. The standard InChI is InChI=1S/C16H19ClN2O2/c17-15-9-13(2-1-12(15)11-18)19-14-3-6-21-16(10-14)4-7-20-8-5-16/h1-2,9,14,19H,3-8,10H2/t14-/m1/s1. The first-order chi connectivity index (χ1) is 10.2. The molecule has 1 aromatic rings. The molecule has 1 spiro atoms. The fourth-order valence-electron chi connectivity index (χ4n) is 3.17. The third-order valence-electron chi connectivity index (χ3n) is 4.36. The summed E-state index contributed by atoms with van der Waals surface area (Å²) in [6.07, 6.45) is 3.92. The number of benzene rings is 1. The van der Waals surface area contributed by atoms with Crippen molar-refractivity contribution in [1.29, 1.82) is 5.26 Å². The largest absolute Gasteiger partial charge is 0.382 e. The van der Waals surface area contributed by atoms with Crippen LogP contribution in [0.25, 0.3) is 0 Å². The topological polar surface area (TPSA) is 54.3 Å². The molecule has 1 N–H and O–H groups in total. The van der Waals surface area contributed by atoms with Gasteiger partial charge in [-0.2, -0.15) is 5.26 Å². The first-order valence-electron chi connectivity index (χ1n) is 7.39. The molecule has 112 valence electrons. The second kappa shape index (κ2) is 6.23. The molecular weight excluding hydrogens is 288 g/mol. The average molecular weight is 307 g/mol. The first-order valence-corrected chi connectivity index (χ1v) is 7.76. The van der Waals surface area contributed by atoms with Gasteiger partial charge in [0.25, 0.3) is 0 Å². The van der Waals surface area contributed by atoms with Crippen LogP contribution in [0, 0.1) is 11.3 Å². The van der Waals surface area contributed by atoms with Crippen LogP contribution in [0.2, 0.25) is 5.02 Å². The predicted octanol–water partition coefficient (Wildman–Crippen LogP) is 3.35. The zero-order valence-corrected chi connectivity index (χ0v) is 12.7. The average Bonchev–Trinajstić information content (AvgIpc) is 2.48. The van der Waals surface area contributed by atoms with Gasteiger partial charge in [-0.15, -0.1) is 0 Å². The van der Waals surface area contributed by atoms with Crippen molar-refractivity contribution in [2.24, 2.45) is 0 Å². The van der Waals surface area contributed by atoms with E-state index in [0.29, 0.717) is 16.6 Å². The summed E-state index contributed by atoms with van der Waals surface area (Å²) in [5, 5.41) is 12.9. The van der Waals surface area contributed by atoms with Crippen LogP contribution in [0.1, 0.15) is 31.2 Å². The van der Waals surface area contributed by atoms with Crippen LogP contribution >= 0.6 is 11.6 Å². The minimum atomic E-state index is -0.0233. The molecule has 0 aliphatic carbocycles. The Kier molecular flexibility index (Phi) is 4.34. The Morgan fingerprint density at radius 2 is 2.10 bits per heavy atom. The van der Waals surface area contributed by atoms with Gasteiger partial charge in [0.05, 0.1) is 16.2 Å². The number of nitrogens with one attached hydrogen (secondary N) is 1. The summed E-state index contributed by atoms with van der Waals surface area (Å²) in [4.78, 5) is 0. The zero-order chi connectivity index (χ0) is 14.7. The fraction of sp³-hybridized carbons (Fsp3) is 0.562. The van der Waals surface area contributed by atoms with Crippen molar-refractivity contribution < 1.29 is 9.47 Å². The van der Waals surface area contributed by atoms with Gasteiger partial charge in [-0.05, 0) is 43.9 Å². The summed E-state index contributed by atoms with van der Waals surface area (Å²) in [5.41, 5.74) is 1.45. The number of rotatable bonds is 2. The van der Waals surface area contributed by atoms with Crippen molar-refractivity contribution >= 4 is 17.3 Å². The minimum absolute atomic E-state index is 0.0233. The summed E-state index contributed by atoms with van der Waals surface area (Å²) in [6, 6.07) is 7.95. The van der Waals surface area contributed by atoms with E-state index in [9.17, 15) is 0 Å². The molecule has 0 bridgehead atoms. The third-order valence-corrected chi connectivity index (χ3v) is 4.67. The molecule has 0 amide bonds. The van der Waals surface area contributed by atoms with Crippen molar-refractivity contribution in [2.45, 2.75) is 37.3 Å². The van der Waals surface area contributed by atoms with Crippen molar-refractivity contribution in [3.8, 4) is 6.07 Å². The maximum atomic E-state index is 8.91. The molecular formula is C16H19ClN2O2. The number of anilines is 1. The Morgan fingerprint density at radius 1 is 1.29 bits per heavy atom. The predicted molar refractivity (Wildman–Crippen MR) is 81.5 cm³/mol. The molecule has 0 radical (unpaired) electrons. The number of nitriles is 1. The van der Waals surface area contributed by atoms with E-state index in [1.165, 1.54) is 0 Å². The number of nitrogens with zero attached hydrogens (tertiary/aromatic N) is 1. The van der Waals surface area contributed by atoms with Crippen LogP contribution < -0.4 is 5.32 Å². The highest BCUT2D eigenvalue weighted by atomic mass is 35.5. The second-order valence-corrected chi connectivity index (χ2v) is 6.19. The van der Waals surface area contributed by atoms with E-state index in [-0.39, 0.29) is 5.60 Å². The van der Waals surface area contributed by atoms with E-state index in [1.807, 2.05) is 12.1 Å². The van der Waals surface area contributed by atoms with Gasteiger partial charge in [0.1, 0.15) is 6.07 Å². The number of hydrogen-bond donors (Lipinski definition) is 1. The molecule has 3 rings (SSSR count). The van der Waals surface area contributed by atoms with Crippen LogP contribution in [0.4, 0.5) is 5.69 Å². The molecule has 1 atom stereocenters. The van der Waals surface area contributed by atoms with Gasteiger partial charge in [0, 0.05) is 31.5 Å². The Morgan fingerprint density at radius 3 is 2.81 bits per heavy atom. The summed E-state index contributed by atoms with van der Waals surface area (Å²) >= 11 is 6.09. The Bertz CT molecular complexity index is 544. The van der Waals surface area contributed by atoms with Gasteiger partial charge in [0.2, 0.25) is 0 Å². The SMILES string of the molecule is N#Cc1ccc(N[C@@H]2CCOC3(CCOCC3)C2)cc1Cl. The van der Waals surface area contributed by atoms with E-state index < -0.39 is 0 Å². The molecule has 5 heteroatoms. The summed E-state index contributed by atoms with van der Waals surface area (Å²) in [5.74, 6) is 0. The van der Waals surface area contributed by atoms with Crippen LogP contribution in [0.5, 0.6) is 0 Å². The van der Waals surface area contributed by atoms with Crippen LogP contribution in [0.3, 0.4) is 0 Å². The molecule has 4 nitrogen and oxygen atoms in total. The lowest BCUT2D eigenvalue weighted by Crippen LogP contribution is -2.47. The molecule has 2 saturated heterocycles. The highest BCUT2D eigenvalue weighted by Gasteiger charge is 2.38. The third kappa shape index (κ3) is 3.32. The van der Waals surface area contributed by atoms with Gasteiger partial charge in [-0.3, -0.25) is 0 Å². The first kappa shape index (κ1) is 14.6. The van der Waals surface area contributed by atoms with E-state index in [0.717, 1.165) is 51.2 Å². The molecule has 2 heterocycles. The van der Waals surface area contributed by atoms with Crippen molar-refractivity contribution in [3.05, 3.63) is 28.8 Å². The monoisotopic (exact) mass is 306 g/mol. The molecule has 2 aliphatic heterocycles. The maximum Gasteiger partial charge on any atom is 0.101 e. The van der Waals surface area contributed by atoms with Crippen molar-refractivity contribution in [2.75, 3.05) is 25.1 Å². The smallest absolute Gasteiger partial charge is 0.101 e. The van der Waals surface area contributed by atoms with E-state index in [4.69, 9.17) is 26.3 Å². The van der Waals surface area contributed by atoms with Crippen molar-refractivity contribution in [3.63, 3.8) is 0 Å². The Labute approximate surface area is 130 Å². The maximum absolute atomic E-state index is 8.91. The van der Waals surface area contributed by atoms with Crippen LogP contribution in [0.15, 0.2) is 18.2 Å². The summed E-state index contributed by atoms with van der Waals surface area (Å²) < 4.78 is 11.5. The molecule has 2 aliphatic rings. The van der Waals surface area contributed by atoms with Gasteiger partial charge in [0.15, 0.2) is 0 Å². The molecule has 0 unspecified atom stereocenters. The zero-order valence-electron chi connectivity index (χ0n) is 11.9. The lowest BCUT2D eigenvalue weighted by molar-refractivity contribution is -0.135. The van der Waals surface area contributed by atoms with Crippen molar-refractivity contribution in [1.82, 2.24) is 0 Å². The minimum Gasteiger partial charge on any atom is -0.382 e. The number of ether oxygens (including phenoxy) is 2. The van der Waals surface area contributed by atoms with Crippen LogP contribution in [-0.4, -0.2) is 31.5 Å². The van der Waals surface area contributed by atoms with E-state index in [1.54, 1.807) is 6.07 Å². The molecule has 0 aromatic heterocycles. The normalized spacial score (nSPS) is 24.5. The van der Waals surface area contributed by atoms with E-state index >= 15 is 0 Å². The molecule has 21 heavy (non-hydrogen) atoms. The van der Waals surface area contributed by atoms with Gasteiger partial charge in [-0.25, -0.2) is 0 Å². The molecule has 1 aromatic carbocycles. The molecule has 0 saturated carbocycles. The van der Waals surface area contributed by atoms with E-state index in [2.05, 4.69) is 11.4 Å². The second-order valence-electron chi connectivity index (χ2n) is 5.78. The van der Waals surface area contributed by atoms with Crippen LogP contribution in [-0.2, 0) is 9.47 Å². The van der Waals surface area contributed by atoms with Gasteiger partial charge in [-0.1, -0.05) is 11.6 Å². The van der Waals surface area contributed by atoms with Gasteiger partial charge < -0.3 is 14.8 Å². The van der Waals surface area contributed by atoms with Gasteiger partial charge >= 0.3 is 0 Å². The highest BCUT2D eigenvalue weighted by Crippen LogP contribution is 2.35. The Hall–Kier alpha value is -1.28. The fourth-order valence-corrected chi connectivity index (χ4v) is 3.40. The number of hydrogen-bond acceptors (Lipinski definition) is 4. The highest BCUT2D eigenvalue weighted by molar-refractivity contribution is 6.32. The lowest BCUT2D eigenvalue weighted by Gasteiger charge is -2.43. The number of halogens is 1. The molecule has 2 fully saturated rings.